The number of hydrogen-bond donors (Lipinski definition) is 1. The molecule has 0 bridgehead atoms. The lowest BCUT2D eigenvalue weighted by atomic mass is 10.1. The van der Waals surface area contributed by atoms with Crippen molar-refractivity contribution in [2.24, 2.45) is 0 Å². The largest absolute Gasteiger partial charge is 0.506 e. The van der Waals surface area contributed by atoms with Crippen LogP contribution in [-0.4, -0.2) is 14.5 Å². The second-order valence-electron chi connectivity index (χ2n) is 5.22. The SMILES string of the molecule is O=c1cc(CSc2ncc3ccccn23)c2cc(Cl)c(O)cc2o1. The van der Waals surface area contributed by atoms with Crippen molar-refractivity contribution in [2.75, 3.05) is 0 Å². The highest BCUT2D eigenvalue weighted by Gasteiger charge is 2.11. The van der Waals surface area contributed by atoms with E-state index in [1.54, 1.807) is 12.3 Å². The predicted molar refractivity (Wildman–Crippen MR) is 93.9 cm³/mol. The number of imidazole rings is 1. The lowest BCUT2D eigenvalue weighted by Gasteiger charge is -2.06. The molecule has 0 unspecified atom stereocenters. The summed E-state index contributed by atoms with van der Waals surface area (Å²) in [7, 11) is 0. The van der Waals surface area contributed by atoms with E-state index in [0.717, 1.165) is 16.2 Å². The highest BCUT2D eigenvalue weighted by atomic mass is 35.5. The van der Waals surface area contributed by atoms with Gasteiger partial charge in [-0.1, -0.05) is 29.4 Å². The van der Waals surface area contributed by atoms with Crippen molar-refractivity contribution in [3.8, 4) is 5.75 Å². The Kier molecular flexibility index (Phi) is 3.70. The minimum absolute atomic E-state index is 0.114. The fourth-order valence-electron chi connectivity index (χ4n) is 2.52. The molecule has 3 aromatic heterocycles. The van der Waals surface area contributed by atoms with Crippen LogP contribution in [0.15, 0.2) is 63.2 Å². The van der Waals surface area contributed by atoms with Gasteiger partial charge in [-0.15, -0.1) is 0 Å². The number of pyridine rings is 1. The summed E-state index contributed by atoms with van der Waals surface area (Å²) < 4.78 is 7.12. The summed E-state index contributed by atoms with van der Waals surface area (Å²) in [4.78, 5) is 16.2. The molecule has 0 aliphatic rings. The van der Waals surface area contributed by atoms with Crippen LogP contribution in [0.4, 0.5) is 0 Å². The number of thioether (sulfide) groups is 1. The van der Waals surface area contributed by atoms with E-state index < -0.39 is 5.63 Å². The van der Waals surface area contributed by atoms with Crippen LogP contribution in [0, 0.1) is 0 Å². The highest BCUT2D eigenvalue weighted by molar-refractivity contribution is 7.98. The number of fused-ring (bicyclic) bond motifs is 2. The molecule has 120 valence electrons. The monoisotopic (exact) mass is 358 g/mol. The van der Waals surface area contributed by atoms with Gasteiger partial charge in [-0.05, 0) is 23.8 Å². The van der Waals surface area contributed by atoms with E-state index in [9.17, 15) is 9.90 Å². The summed E-state index contributed by atoms with van der Waals surface area (Å²) >= 11 is 7.49. The Bertz CT molecular complexity index is 1120. The molecule has 3 heterocycles. The van der Waals surface area contributed by atoms with Crippen LogP contribution in [0.5, 0.6) is 5.75 Å². The Balaban J connectivity index is 1.74. The van der Waals surface area contributed by atoms with Gasteiger partial charge < -0.3 is 9.52 Å². The number of nitrogens with zero attached hydrogens (tertiary/aromatic N) is 2. The molecule has 7 heteroatoms. The molecule has 0 saturated carbocycles. The molecular weight excluding hydrogens is 348 g/mol. The summed E-state index contributed by atoms with van der Waals surface area (Å²) in [6, 6.07) is 10.3. The zero-order valence-electron chi connectivity index (χ0n) is 12.3. The van der Waals surface area contributed by atoms with Crippen molar-refractivity contribution in [2.45, 2.75) is 10.9 Å². The van der Waals surface area contributed by atoms with E-state index in [1.807, 2.05) is 28.8 Å². The molecular formula is C17H11ClN2O3S. The summed E-state index contributed by atoms with van der Waals surface area (Å²) in [5.41, 5.74) is 1.63. The molecule has 4 rings (SSSR count). The number of aromatic hydroxyl groups is 1. The van der Waals surface area contributed by atoms with Crippen LogP contribution in [0.25, 0.3) is 16.5 Å². The van der Waals surface area contributed by atoms with Gasteiger partial charge in [0.15, 0.2) is 5.16 Å². The normalized spacial score (nSPS) is 11.4. The fraction of sp³-hybridized carbons (Fsp3) is 0.0588. The minimum Gasteiger partial charge on any atom is -0.506 e. The quantitative estimate of drug-likeness (QED) is 0.441. The van der Waals surface area contributed by atoms with Gasteiger partial charge in [0.25, 0.3) is 0 Å². The van der Waals surface area contributed by atoms with Crippen LogP contribution < -0.4 is 5.63 Å². The summed E-state index contributed by atoms with van der Waals surface area (Å²) in [6.07, 6.45) is 3.74. The third-order valence-corrected chi connectivity index (χ3v) is 4.98. The van der Waals surface area contributed by atoms with E-state index >= 15 is 0 Å². The van der Waals surface area contributed by atoms with Gasteiger partial charge in [0.05, 0.1) is 16.7 Å². The number of rotatable bonds is 3. The molecule has 0 spiro atoms. The number of aromatic nitrogens is 2. The van der Waals surface area contributed by atoms with Gasteiger partial charge in [-0.3, -0.25) is 4.40 Å². The van der Waals surface area contributed by atoms with E-state index in [-0.39, 0.29) is 10.8 Å². The van der Waals surface area contributed by atoms with Crippen molar-refractivity contribution in [1.82, 2.24) is 9.38 Å². The molecule has 5 nitrogen and oxygen atoms in total. The molecule has 4 aromatic rings. The average Bonchev–Trinajstić information content (AvgIpc) is 2.97. The first-order valence-corrected chi connectivity index (χ1v) is 8.48. The first-order valence-electron chi connectivity index (χ1n) is 7.12. The smallest absolute Gasteiger partial charge is 0.336 e. The second-order valence-corrected chi connectivity index (χ2v) is 6.57. The van der Waals surface area contributed by atoms with Crippen molar-refractivity contribution in [1.29, 1.82) is 0 Å². The maximum absolute atomic E-state index is 11.8. The number of phenols is 1. The van der Waals surface area contributed by atoms with Crippen molar-refractivity contribution in [3.05, 3.63) is 69.8 Å². The second kappa shape index (κ2) is 5.89. The zero-order chi connectivity index (χ0) is 16.7. The Morgan fingerprint density at radius 2 is 2.17 bits per heavy atom. The molecule has 0 saturated heterocycles. The van der Waals surface area contributed by atoms with Gasteiger partial charge in [0, 0.05) is 29.5 Å². The van der Waals surface area contributed by atoms with Gasteiger partial charge in [0.2, 0.25) is 0 Å². The molecule has 0 aliphatic heterocycles. The molecule has 0 atom stereocenters. The third kappa shape index (κ3) is 2.64. The number of hydrogen-bond acceptors (Lipinski definition) is 5. The Morgan fingerprint density at radius 1 is 1.29 bits per heavy atom. The Morgan fingerprint density at radius 3 is 3.04 bits per heavy atom. The highest BCUT2D eigenvalue weighted by Crippen LogP contribution is 2.32. The lowest BCUT2D eigenvalue weighted by molar-refractivity contribution is 0.473. The summed E-state index contributed by atoms with van der Waals surface area (Å²) in [6.45, 7) is 0. The van der Waals surface area contributed by atoms with Gasteiger partial charge >= 0.3 is 5.63 Å². The van der Waals surface area contributed by atoms with Crippen molar-refractivity contribution in [3.63, 3.8) is 0 Å². The summed E-state index contributed by atoms with van der Waals surface area (Å²) in [5.74, 6) is 0.411. The number of benzene rings is 1. The molecule has 0 fully saturated rings. The van der Waals surface area contributed by atoms with Crippen LogP contribution in [0.2, 0.25) is 5.02 Å². The van der Waals surface area contributed by atoms with Crippen LogP contribution in [0.1, 0.15) is 5.56 Å². The van der Waals surface area contributed by atoms with Crippen LogP contribution in [-0.2, 0) is 5.75 Å². The first kappa shape index (κ1) is 15.1. The maximum Gasteiger partial charge on any atom is 0.336 e. The first-order chi connectivity index (χ1) is 11.6. The van der Waals surface area contributed by atoms with Crippen molar-refractivity contribution >= 4 is 39.8 Å². The van der Waals surface area contributed by atoms with Gasteiger partial charge in [-0.2, -0.15) is 0 Å². The van der Waals surface area contributed by atoms with E-state index in [2.05, 4.69) is 4.98 Å². The van der Waals surface area contributed by atoms with Crippen LogP contribution in [0.3, 0.4) is 0 Å². The van der Waals surface area contributed by atoms with Gasteiger partial charge in [-0.25, -0.2) is 9.78 Å². The molecule has 1 N–H and O–H groups in total. The van der Waals surface area contributed by atoms with Gasteiger partial charge in [0.1, 0.15) is 11.3 Å². The zero-order valence-corrected chi connectivity index (χ0v) is 13.8. The average molecular weight is 359 g/mol. The Hall–Kier alpha value is -2.44. The third-order valence-electron chi connectivity index (χ3n) is 3.66. The molecule has 24 heavy (non-hydrogen) atoms. The minimum atomic E-state index is -0.465. The van der Waals surface area contributed by atoms with Crippen molar-refractivity contribution < 1.29 is 9.52 Å². The number of halogens is 1. The van der Waals surface area contributed by atoms with E-state index in [4.69, 9.17) is 16.0 Å². The number of phenolic OH excluding ortho intramolecular Hbond substituents is 1. The lowest BCUT2D eigenvalue weighted by Crippen LogP contribution is -2.00. The molecule has 1 aromatic carbocycles. The standard InChI is InChI=1S/C17H11ClN2O3S/c18-13-6-12-10(5-16(22)23-15(12)7-14(13)21)9-24-17-19-8-11-3-1-2-4-20(11)17/h1-8,21H,9H2. The molecule has 0 amide bonds. The topological polar surface area (TPSA) is 67.7 Å². The van der Waals surface area contributed by atoms with E-state index in [0.29, 0.717) is 16.7 Å². The predicted octanol–water partition coefficient (Wildman–Crippen LogP) is 4.09. The Labute approximate surface area is 145 Å². The molecule has 0 aliphatic carbocycles. The fourth-order valence-corrected chi connectivity index (χ4v) is 3.64. The summed E-state index contributed by atoms with van der Waals surface area (Å²) in [5, 5.41) is 11.4. The maximum atomic E-state index is 11.8. The molecule has 0 radical (unpaired) electrons. The van der Waals surface area contributed by atoms with Crippen LogP contribution >= 0.6 is 23.4 Å². The van der Waals surface area contributed by atoms with E-state index in [1.165, 1.54) is 23.9 Å².